The molecule has 7 heteroatoms. The van der Waals surface area contributed by atoms with Crippen molar-refractivity contribution in [3.63, 3.8) is 0 Å². The van der Waals surface area contributed by atoms with Crippen LogP contribution in [0.1, 0.15) is 20.3 Å². The first kappa shape index (κ1) is 14.0. The Bertz CT molecular complexity index is 349. The summed E-state index contributed by atoms with van der Waals surface area (Å²) in [6.07, 6.45) is 0.954. The number of aromatic nitrogens is 3. The second-order valence-electron chi connectivity index (χ2n) is 3.62. The lowest BCUT2D eigenvalue weighted by Gasteiger charge is -2.08. The van der Waals surface area contributed by atoms with Gasteiger partial charge in [0, 0.05) is 19.5 Å². The third-order valence-corrected chi connectivity index (χ3v) is 2.61. The molecule has 17 heavy (non-hydrogen) atoms. The predicted molar refractivity (Wildman–Crippen MR) is 67.2 cm³/mol. The molecule has 1 aromatic rings. The number of nitrogen functional groups attached to an aromatic ring is 1. The van der Waals surface area contributed by atoms with Crippen molar-refractivity contribution >= 4 is 17.7 Å². The van der Waals surface area contributed by atoms with Crippen molar-refractivity contribution in [3.05, 3.63) is 0 Å². The van der Waals surface area contributed by atoms with Crippen molar-refractivity contribution in [2.45, 2.75) is 31.5 Å². The minimum absolute atomic E-state index is 0.0168. The quantitative estimate of drug-likeness (QED) is 0.584. The van der Waals surface area contributed by atoms with E-state index in [4.69, 9.17) is 15.2 Å². The van der Waals surface area contributed by atoms with Crippen LogP contribution in [0, 0.1) is 0 Å². The highest BCUT2D eigenvalue weighted by molar-refractivity contribution is 7.99. The van der Waals surface area contributed by atoms with Crippen LogP contribution in [0.4, 0.5) is 5.95 Å². The van der Waals surface area contributed by atoms with Crippen molar-refractivity contribution in [1.29, 1.82) is 0 Å². The molecule has 0 unspecified atom stereocenters. The van der Waals surface area contributed by atoms with Gasteiger partial charge in [-0.1, -0.05) is 11.8 Å². The molecule has 0 radical (unpaired) electrons. The lowest BCUT2D eigenvalue weighted by atomic mass is 10.5. The predicted octanol–water partition coefficient (Wildman–Crippen LogP) is 1.37. The first-order valence-electron chi connectivity index (χ1n) is 5.41. The van der Waals surface area contributed by atoms with E-state index in [9.17, 15) is 0 Å². The van der Waals surface area contributed by atoms with Gasteiger partial charge in [-0.25, -0.2) is 0 Å². The lowest BCUT2D eigenvalue weighted by molar-refractivity contribution is 0.200. The highest BCUT2D eigenvalue weighted by Crippen LogP contribution is 2.17. The number of anilines is 1. The van der Waals surface area contributed by atoms with Crippen LogP contribution < -0.4 is 10.5 Å². The molecule has 2 N–H and O–H groups in total. The number of nitrogens with two attached hydrogens (primary N) is 1. The van der Waals surface area contributed by atoms with Gasteiger partial charge in [0.25, 0.3) is 0 Å². The van der Waals surface area contributed by atoms with Crippen LogP contribution >= 0.6 is 11.8 Å². The lowest BCUT2D eigenvalue weighted by Crippen LogP contribution is -2.11. The molecule has 1 heterocycles. The Hall–Kier alpha value is -1.08. The number of ether oxygens (including phenoxy) is 2. The third kappa shape index (κ3) is 5.69. The number of rotatable bonds is 7. The molecule has 1 rings (SSSR count). The first-order chi connectivity index (χ1) is 8.11. The van der Waals surface area contributed by atoms with Crippen LogP contribution in [-0.2, 0) is 4.74 Å². The summed E-state index contributed by atoms with van der Waals surface area (Å²) in [5.74, 6) is 1.06. The van der Waals surface area contributed by atoms with Crippen LogP contribution in [0.15, 0.2) is 5.16 Å². The van der Waals surface area contributed by atoms with Crippen molar-refractivity contribution in [3.8, 4) is 6.01 Å². The number of nitrogens with zero attached hydrogens (tertiary/aromatic N) is 3. The molecule has 0 atom stereocenters. The maximum atomic E-state index is 5.59. The molecule has 0 saturated carbocycles. The standard InChI is InChI=1S/C10H18N4O2S/c1-7(2)16-9-12-8(11)13-10(14-9)17-6-4-5-15-3/h7H,4-6H2,1-3H3,(H2,11,12,13,14). The van der Waals surface area contributed by atoms with Crippen LogP contribution in [0.2, 0.25) is 0 Å². The molecule has 96 valence electrons. The summed E-state index contributed by atoms with van der Waals surface area (Å²) >= 11 is 1.51. The van der Waals surface area contributed by atoms with E-state index in [1.54, 1.807) is 7.11 Å². The molecule has 0 aliphatic rings. The normalized spacial score (nSPS) is 10.8. The minimum Gasteiger partial charge on any atom is -0.461 e. The Labute approximate surface area is 105 Å². The van der Waals surface area contributed by atoms with Gasteiger partial charge in [0.15, 0.2) is 5.16 Å². The maximum absolute atomic E-state index is 5.59. The Morgan fingerprint density at radius 2 is 2.06 bits per heavy atom. The molecule has 0 aromatic carbocycles. The fourth-order valence-corrected chi connectivity index (χ4v) is 1.79. The van der Waals surface area contributed by atoms with Gasteiger partial charge in [-0.2, -0.15) is 15.0 Å². The minimum atomic E-state index is 0.0168. The zero-order valence-corrected chi connectivity index (χ0v) is 11.2. The molecule has 0 spiro atoms. The monoisotopic (exact) mass is 258 g/mol. The molecule has 0 fully saturated rings. The fourth-order valence-electron chi connectivity index (χ4n) is 1.05. The largest absolute Gasteiger partial charge is 0.461 e. The van der Waals surface area contributed by atoms with Gasteiger partial charge in [0.2, 0.25) is 5.95 Å². The summed E-state index contributed by atoms with van der Waals surface area (Å²) in [7, 11) is 1.68. The topological polar surface area (TPSA) is 83.2 Å². The second-order valence-corrected chi connectivity index (χ2v) is 4.68. The van der Waals surface area contributed by atoms with E-state index in [0.717, 1.165) is 18.8 Å². The van der Waals surface area contributed by atoms with E-state index in [1.807, 2.05) is 13.8 Å². The molecule has 0 aliphatic carbocycles. The van der Waals surface area contributed by atoms with E-state index in [0.29, 0.717) is 5.16 Å². The molecular formula is C10H18N4O2S. The van der Waals surface area contributed by atoms with E-state index in [-0.39, 0.29) is 18.1 Å². The van der Waals surface area contributed by atoms with E-state index < -0.39 is 0 Å². The fraction of sp³-hybridized carbons (Fsp3) is 0.700. The van der Waals surface area contributed by atoms with Gasteiger partial charge in [-0.15, -0.1) is 0 Å². The van der Waals surface area contributed by atoms with Crippen LogP contribution in [0.3, 0.4) is 0 Å². The average molecular weight is 258 g/mol. The third-order valence-electron chi connectivity index (χ3n) is 1.68. The summed E-state index contributed by atoms with van der Waals surface area (Å²) in [5.41, 5.74) is 5.59. The molecule has 1 aromatic heterocycles. The van der Waals surface area contributed by atoms with Gasteiger partial charge < -0.3 is 15.2 Å². The molecular weight excluding hydrogens is 240 g/mol. The van der Waals surface area contributed by atoms with E-state index in [2.05, 4.69) is 15.0 Å². The van der Waals surface area contributed by atoms with Crippen molar-refractivity contribution in [1.82, 2.24) is 15.0 Å². The Morgan fingerprint density at radius 3 is 2.71 bits per heavy atom. The van der Waals surface area contributed by atoms with Crippen LogP contribution in [-0.4, -0.2) is 40.5 Å². The van der Waals surface area contributed by atoms with Gasteiger partial charge in [0.1, 0.15) is 0 Å². The zero-order chi connectivity index (χ0) is 12.7. The molecule has 6 nitrogen and oxygen atoms in total. The van der Waals surface area contributed by atoms with Gasteiger partial charge in [0.05, 0.1) is 6.10 Å². The van der Waals surface area contributed by atoms with Crippen LogP contribution in [0.5, 0.6) is 6.01 Å². The Kier molecular flexibility index (Phi) is 5.99. The number of thioether (sulfide) groups is 1. The SMILES string of the molecule is COCCCSc1nc(N)nc(OC(C)C)n1. The highest BCUT2D eigenvalue weighted by atomic mass is 32.2. The molecule has 0 saturated heterocycles. The van der Waals surface area contributed by atoms with Gasteiger partial charge >= 0.3 is 6.01 Å². The average Bonchev–Trinajstić information content (AvgIpc) is 2.22. The summed E-state index contributed by atoms with van der Waals surface area (Å²) < 4.78 is 10.3. The van der Waals surface area contributed by atoms with Crippen molar-refractivity contribution in [2.75, 3.05) is 25.2 Å². The number of methoxy groups -OCH3 is 1. The summed E-state index contributed by atoms with van der Waals surface area (Å²) in [5, 5.41) is 0.587. The first-order valence-corrected chi connectivity index (χ1v) is 6.40. The van der Waals surface area contributed by atoms with E-state index >= 15 is 0 Å². The van der Waals surface area contributed by atoms with Crippen molar-refractivity contribution < 1.29 is 9.47 Å². The summed E-state index contributed by atoms with van der Waals surface area (Å²) in [6.45, 7) is 4.54. The number of hydrogen-bond acceptors (Lipinski definition) is 7. The zero-order valence-electron chi connectivity index (χ0n) is 10.3. The smallest absolute Gasteiger partial charge is 0.322 e. The molecule has 0 amide bonds. The number of hydrogen-bond donors (Lipinski definition) is 1. The molecule has 0 aliphatic heterocycles. The Morgan fingerprint density at radius 1 is 1.29 bits per heavy atom. The molecule has 0 bridgehead atoms. The van der Waals surface area contributed by atoms with Gasteiger partial charge in [-0.05, 0) is 20.3 Å². The maximum Gasteiger partial charge on any atom is 0.322 e. The van der Waals surface area contributed by atoms with Crippen LogP contribution in [0.25, 0.3) is 0 Å². The highest BCUT2D eigenvalue weighted by Gasteiger charge is 2.07. The Balaban J connectivity index is 2.56. The second kappa shape index (κ2) is 7.29. The van der Waals surface area contributed by atoms with Crippen molar-refractivity contribution in [2.24, 2.45) is 0 Å². The van der Waals surface area contributed by atoms with Gasteiger partial charge in [-0.3, -0.25) is 0 Å². The summed E-state index contributed by atoms with van der Waals surface area (Å²) in [4.78, 5) is 12.1. The van der Waals surface area contributed by atoms with E-state index in [1.165, 1.54) is 11.8 Å². The summed E-state index contributed by atoms with van der Waals surface area (Å²) in [6, 6.07) is 0.279.